The molecule has 2 unspecified atom stereocenters. The van der Waals surface area contributed by atoms with Crippen molar-refractivity contribution in [2.75, 3.05) is 20.2 Å². The zero-order valence-corrected chi connectivity index (χ0v) is 28.1. The lowest BCUT2D eigenvalue weighted by atomic mass is 10.0. The van der Waals surface area contributed by atoms with E-state index in [0.29, 0.717) is 34.6 Å². The Morgan fingerprint density at radius 3 is 2.27 bits per heavy atom. The lowest BCUT2D eigenvalue weighted by molar-refractivity contribution is -0.211. The fourth-order valence-electron chi connectivity index (χ4n) is 5.10. The Morgan fingerprint density at radius 2 is 1.68 bits per heavy atom. The van der Waals surface area contributed by atoms with E-state index >= 15 is 0 Å². The van der Waals surface area contributed by atoms with Crippen molar-refractivity contribution < 1.29 is 28.8 Å². The van der Waals surface area contributed by atoms with Crippen LogP contribution in [0.4, 0.5) is 4.79 Å². The number of ether oxygens (including phenoxy) is 4. The molecule has 0 spiro atoms. The van der Waals surface area contributed by atoms with Crippen molar-refractivity contribution in [2.24, 2.45) is 0 Å². The summed E-state index contributed by atoms with van der Waals surface area (Å²) in [6.45, 7) is 16.6. The first-order valence-electron chi connectivity index (χ1n) is 14.7. The summed E-state index contributed by atoms with van der Waals surface area (Å²) in [5.41, 5.74) is -2.40. The molecule has 242 valence electrons. The van der Waals surface area contributed by atoms with E-state index in [2.05, 4.69) is 0 Å². The highest BCUT2D eigenvalue weighted by Gasteiger charge is 2.39. The number of aliphatic hydroxyl groups is 1. The van der Waals surface area contributed by atoms with Gasteiger partial charge in [0, 0.05) is 5.56 Å². The molecule has 12 heteroatoms. The fraction of sp³-hybridized carbons (Fsp3) is 0.594. The van der Waals surface area contributed by atoms with Gasteiger partial charge in [0.1, 0.15) is 22.3 Å². The number of thiophene rings is 1. The Balaban J connectivity index is 1.77. The summed E-state index contributed by atoms with van der Waals surface area (Å²) in [4.78, 5) is 42.8. The van der Waals surface area contributed by atoms with Gasteiger partial charge in [-0.05, 0) is 79.3 Å². The van der Waals surface area contributed by atoms with Crippen molar-refractivity contribution in [3.8, 4) is 5.75 Å². The maximum atomic E-state index is 14.3. The van der Waals surface area contributed by atoms with Gasteiger partial charge < -0.3 is 29.0 Å². The monoisotopic (exact) mass is 631 g/mol. The molecular weight excluding hydrogens is 586 g/mol. The third kappa shape index (κ3) is 7.03. The van der Waals surface area contributed by atoms with Crippen molar-refractivity contribution in [1.82, 2.24) is 14.0 Å². The van der Waals surface area contributed by atoms with E-state index in [1.54, 1.807) is 46.6 Å². The first kappa shape index (κ1) is 33.7. The maximum absolute atomic E-state index is 14.3. The molecule has 1 aliphatic heterocycles. The summed E-state index contributed by atoms with van der Waals surface area (Å²) in [5.74, 6) is 0.579. The van der Waals surface area contributed by atoms with E-state index < -0.39 is 46.5 Å². The van der Waals surface area contributed by atoms with Crippen LogP contribution in [-0.4, -0.2) is 69.0 Å². The summed E-state index contributed by atoms with van der Waals surface area (Å²) in [6.07, 6.45) is -2.86. The summed E-state index contributed by atoms with van der Waals surface area (Å²) in [6, 6.07) is 7.40. The van der Waals surface area contributed by atoms with Crippen molar-refractivity contribution in [1.29, 1.82) is 0 Å². The van der Waals surface area contributed by atoms with Gasteiger partial charge in [-0.25, -0.2) is 14.2 Å². The zero-order chi connectivity index (χ0) is 32.8. The third-order valence-electron chi connectivity index (χ3n) is 7.38. The maximum Gasteiger partial charge on any atom is 0.410 e. The number of carbonyl (C=O) groups excluding carboxylic acids is 1. The largest absolute Gasteiger partial charge is 0.496 e. The minimum Gasteiger partial charge on any atom is -0.496 e. The molecule has 0 saturated carbocycles. The van der Waals surface area contributed by atoms with Crippen LogP contribution in [0, 0.1) is 6.92 Å². The van der Waals surface area contributed by atoms with E-state index in [0.717, 1.165) is 10.1 Å². The Bertz CT molecular complexity index is 1620. The van der Waals surface area contributed by atoms with Crippen LogP contribution in [0.3, 0.4) is 0 Å². The van der Waals surface area contributed by atoms with Gasteiger partial charge in [-0.1, -0.05) is 18.2 Å². The van der Waals surface area contributed by atoms with E-state index in [-0.39, 0.29) is 12.6 Å². The van der Waals surface area contributed by atoms with E-state index in [9.17, 15) is 19.5 Å². The molecule has 1 saturated heterocycles. The quantitative estimate of drug-likeness (QED) is 0.335. The molecule has 3 heterocycles. The normalized spacial score (nSPS) is 16.1. The lowest BCUT2D eigenvalue weighted by Crippen LogP contribution is -2.57. The summed E-state index contributed by atoms with van der Waals surface area (Å²) >= 11 is 1.30. The van der Waals surface area contributed by atoms with Crippen molar-refractivity contribution in [3.05, 3.63) is 61.6 Å². The molecule has 1 N–H and O–H groups in total. The number of likely N-dealkylation sites (tertiary alicyclic amines) is 1. The van der Waals surface area contributed by atoms with Crippen LogP contribution >= 0.6 is 11.3 Å². The highest BCUT2D eigenvalue weighted by Crippen LogP contribution is 2.33. The minimum absolute atomic E-state index is 0.0468. The second kappa shape index (κ2) is 12.3. The van der Waals surface area contributed by atoms with Gasteiger partial charge >= 0.3 is 11.8 Å². The van der Waals surface area contributed by atoms with Crippen LogP contribution in [0.2, 0.25) is 0 Å². The lowest BCUT2D eigenvalue weighted by Gasteiger charge is -2.41. The van der Waals surface area contributed by atoms with Crippen LogP contribution in [0.15, 0.2) is 39.2 Å². The molecule has 0 aliphatic carbocycles. The molecule has 11 nitrogen and oxygen atoms in total. The number of hydrogen-bond donors (Lipinski definition) is 1. The van der Waals surface area contributed by atoms with Crippen molar-refractivity contribution in [3.63, 3.8) is 0 Å². The Kier molecular flexibility index (Phi) is 9.42. The SMILES string of the molecule is COc1ccccc1C(Cn1c(=O)n(C(C)(C)C(O)OC(C)(C)C)c(=O)c2c(C)csc21)OC1CN(C(=O)OC(C)(C)C)C1. The summed E-state index contributed by atoms with van der Waals surface area (Å²) in [5, 5.41) is 13.3. The smallest absolute Gasteiger partial charge is 0.410 e. The Morgan fingerprint density at radius 1 is 1.05 bits per heavy atom. The van der Waals surface area contributed by atoms with Crippen LogP contribution in [-0.2, 0) is 26.3 Å². The molecule has 1 aliphatic rings. The molecule has 0 radical (unpaired) electrons. The van der Waals surface area contributed by atoms with Crippen molar-refractivity contribution in [2.45, 2.75) is 104 Å². The summed E-state index contributed by atoms with van der Waals surface area (Å²) < 4.78 is 26.1. The number of amides is 1. The van der Waals surface area contributed by atoms with E-state index in [1.165, 1.54) is 15.9 Å². The number of aromatic nitrogens is 2. The van der Waals surface area contributed by atoms with E-state index in [4.69, 9.17) is 18.9 Å². The van der Waals surface area contributed by atoms with Gasteiger partial charge in [-0.2, -0.15) is 0 Å². The molecule has 1 fully saturated rings. The number of nitrogens with zero attached hydrogens (tertiary/aromatic N) is 3. The first-order valence-corrected chi connectivity index (χ1v) is 15.6. The second-order valence-electron chi connectivity index (χ2n) is 13.7. The number of aliphatic hydroxyl groups excluding tert-OH is 1. The number of benzene rings is 1. The van der Waals surface area contributed by atoms with Crippen LogP contribution in [0.5, 0.6) is 5.75 Å². The number of aryl methyl sites for hydroxylation is 1. The van der Waals surface area contributed by atoms with Gasteiger partial charge in [0.2, 0.25) is 0 Å². The molecule has 2 atom stereocenters. The highest BCUT2D eigenvalue weighted by molar-refractivity contribution is 7.17. The molecule has 1 amide bonds. The standard InChI is InChI=1S/C32H45N3O8S/c1-19-18-44-26-24(19)25(36)35(32(8,9)27(37)42-30(2,3)4)28(38)34(26)17-23(21-13-11-12-14-22(21)40-10)41-20-15-33(16-20)29(39)43-31(5,6)7/h11-14,18,20,23,27,37H,15-17H2,1-10H3. The zero-order valence-electron chi connectivity index (χ0n) is 27.3. The van der Waals surface area contributed by atoms with Crippen LogP contribution in [0.1, 0.15) is 72.6 Å². The first-order chi connectivity index (χ1) is 20.3. The number of rotatable bonds is 9. The second-order valence-corrected chi connectivity index (χ2v) is 14.6. The van der Waals surface area contributed by atoms with Crippen LogP contribution in [0.25, 0.3) is 10.2 Å². The molecule has 2 aromatic heterocycles. The molecule has 3 aromatic rings. The molecular formula is C32H45N3O8S. The number of hydrogen-bond acceptors (Lipinski definition) is 9. The highest BCUT2D eigenvalue weighted by atomic mass is 32.1. The molecule has 0 bridgehead atoms. The van der Waals surface area contributed by atoms with Gasteiger partial charge in [0.15, 0.2) is 6.29 Å². The molecule has 1 aromatic carbocycles. The van der Waals surface area contributed by atoms with Crippen molar-refractivity contribution >= 4 is 27.6 Å². The average Bonchev–Trinajstić information content (AvgIpc) is 3.26. The molecule has 44 heavy (non-hydrogen) atoms. The predicted molar refractivity (Wildman–Crippen MR) is 170 cm³/mol. The number of carbonyl (C=O) groups is 1. The summed E-state index contributed by atoms with van der Waals surface area (Å²) in [7, 11) is 1.57. The third-order valence-corrected chi connectivity index (χ3v) is 8.50. The number of methoxy groups -OCH3 is 1. The predicted octanol–water partition coefficient (Wildman–Crippen LogP) is 4.79. The number of fused-ring (bicyclic) bond motifs is 1. The fourth-order valence-corrected chi connectivity index (χ4v) is 6.15. The topological polar surface area (TPSA) is 121 Å². The van der Waals surface area contributed by atoms with Gasteiger partial charge in [0.25, 0.3) is 5.56 Å². The molecule has 4 rings (SSSR count). The Labute approximate surface area is 261 Å². The number of para-hydroxylation sites is 1. The van der Waals surface area contributed by atoms with Crippen LogP contribution < -0.4 is 16.0 Å². The van der Waals surface area contributed by atoms with Gasteiger partial charge in [-0.3, -0.25) is 9.36 Å². The van der Waals surface area contributed by atoms with Gasteiger partial charge in [0.05, 0.1) is 49.4 Å². The Hall–Kier alpha value is -3.19. The average molecular weight is 632 g/mol. The van der Waals surface area contributed by atoms with Gasteiger partial charge in [-0.15, -0.1) is 11.3 Å². The minimum atomic E-state index is -1.45. The van der Waals surface area contributed by atoms with E-state index in [1.807, 2.05) is 57.3 Å².